The monoisotopic (exact) mass is 331 g/mol. The lowest BCUT2D eigenvalue weighted by molar-refractivity contribution is -0.0794. The maximum absolute atomic E-state index is 11.5. The summed E-state index contributed by atoms with van der Waals surface area (Å²) in [5, 5.41) is 8.97. The quantitative estimate of drug-likeness (QED) is 0.761. The van der Waals surface area contributed by atoms with Gasteiger partial charge in [-0.1, -0.05) is 0 Å². The average Bonchev–Trinajstić information content (AvgIpc) is 2.82. The van der Waals surface area contributed by atoms with Gasteiger partial charge < -0.3 is 14.9 Å². The lowest BCUT2D eigenvalue weighted by atomic mass is 9.61. The van der Waals surface area contributed by atoms with E-state index < -0.39 is 16.1 Å². The first-order valence-electron chi connectivity index (χ1n) is 8.01. The molecule has 1 saturated carbocycles. The summed E-state index contributed by atoms with van der Waals surface area (Å²) >= 11 is 0. The van der Waals surface area contributed by atoms with Crippen molar-refractivity contribution in [2.45, 2.75) is 32.2 Å². The van der Waals surface area contributed by atoms with E-state index in [1.165, 1.54) is 4.90 Å². The summed E-state index contributed by atoms with van der Waals surface area (Å²) in [6.45, 7) is 5.99. The fourth-order valence-corrected chi connectivity index (χ4v) is 5.06. The van der Waals surface area contributed by atoms with Gasteiger partial charge in [0.15, 0.2) is 0 Å². The Hall–Kier alpha value is -0.860. The third-order valence-electron chi connectivity index (χ3n) is 5.28. The van der Waals surface area contributed by atoms with Crippen molar-refractivity contribution in [1.82, 2.24) is 14.5 Å². The van der Waals surface area contributed by atoms with Gasteiger partial charge in [-0.15, -0.1) is 0 Å². The zero-order valence-corrected chi connectivity index (χ0v) is 13.8. The number of likely N-dealkylation sites (tertiary alicyclic amines) is 2. The second-order valence-electron chi connectivity index (χ2n) is 7.18. The molecule has 7 nitrogen and oxygen atoms in total. The largest absolute Gasteiger partial charge is 0.465 e. The van der Waals surface area contributed by atoms with Gasteiger partial charge in [0.25, 0.3) is 0 Å². The predicted octanol–water partition coefficient (Wildman–Crippen LogP) is 0.390. The van der Waals surface area contributed by atoms with E-state index in [0.717, 1.165) is 38.9 Å². The van der Waals surface area contributed by atoms with Gasteiger partial charge in [0.05, 0.1) is 5.75 Å². The Morgan fingerprint density at radius 1 is 1.36 bits per heavy atom. The minimum atomic E-state index is -3.09. The van der Waals surface area contributed by atoms with Crippen molar-refractivity contribution in [2.24, 2.45) is 11.3 Å². The Morgan fingerprint density at radius 2 is 2.05 bits per heavy atom. The van der Waals surface area contributed by atoms with E-state index in [-0.39, 0.29) is 11.8 Å². The third-order valence-corrected chi connectivity index (χ3v) is 6.73. The Morgan fingerprint density at radius 3 is 2.59 bits per heavy atom. The molecule has 126 valence electrons. The van der Waals surface area contributed by atoms with Crippen LogP contribution in [0.15, 0.2) is 0 Å². The first-order valence-corrected chi connectivity index (χ1v) is 9.66. The first-order chi connectivity index (χ1) is 10.3. The molecule has 3 aliphatic rings. The minimum Gasteiger partial charge on any atom is -0.465 e. The van der Waals surface area contributed by atoms with Crippen LogP contribution in [0.25, 0.3) is 0 Å². The normalized spacial score (nSPS) is 28.6. The summed E-state index contributed by atoms with van der Waals surface area (Å²) in [5.74, 6) is 0.590. The number of sulfonamides is 1. The number of nitrogens with zero attached hydrogens (tertiary/aromatic N) is 2. The molecule has 22 heavy (non-hydrogen) atoms. The van der Waals surface area contributed by atoms with Gasteiger partial charge >= 0.3 is 6.09 Å². The maximum Gasteiger partial charge on any atom is 0.407 e. The number of carbonyl (C=O) groups is 1. The van der Waals surface area contributed by atoms with Gasteiger partial charge in [0.2, 0.25) is 10.0 Å². The average molecular weight is 331 g/mol. The Bertz CT molecular complexity index is 536. The molecule has 2 heterocycles. The van der Waals surface area contributed by atoms with Crippen molar-refractivity contribution in [3.63, 3.8) is 0 Å². The molecule has 0 aromatic carbocycles. The SMILES string of the molecule is CCS(=O)(=O)NC1CC2(C1)CN(C[C@@H]1CCN(C(=O)O)C1)C2. The van der Waals surface area contributed by atoms with Crippen LogP contribution in [0.3, 0.4) is 0 Å². The molecule has 0 aromatic rings. The van der Waals surface area contributed by atoms with E-state index in [1.54, 1.807) is 6.92 Å². The second kappa shape index (κ2) is 5.65. The molecule has 1 spiro atoms. The number of hydrogen-bond donors (Lipinski definition) is 2. The number of rotatable bonds is 5. The van der Waals surface area contributed by atoms with Gasteiger partial charge in [-0.25, -0.2) is 17.9 Å². The van der Waals surface area contributed by atoms with Gasteiger partial charge in [-0.3, -0.25) is 0 Å². The number of amides is 1. The second-order valence-corrected chi connectivity index (χ2v) is 9.22. The fraction of sp³-hybridized carbons (Fsp3) is 0.929. The van der Waals surface area contributed by atoms with E-state index in [9.17, 15) is 13.2 Å². The van der Waals surface area contributed by atoms with Gasteiger partial charge in [0.1, 0.15) is 0 Å². The fourth-order valence-electron chi connectivity index (χ4n) is 4.22. The van der Waals surface area contributed by atoms with Crippen LogP contribution in [0.1, 0.15) is 26.2 Å². The van der Waals surface area contributed by atoms with Crippen LogP contribution in [0.4, 0.5) is 4.79 Å². The van der Waals surface area contributed by atoms with Gasteiger partial charge in [-0.05, 0) is 37.5 Å². The van der Waals surface area contributed by atoms with Crippen molar-refractivity contribution in [3.05, 3.63) is 0 Å². The van der Waals surface area contributed by atoms with Crippen LogP contribution < -0.4 is 4.72 Å². The van der Waals surface area contributed by atoms with Crippen LogP contribution >= 0.6 is 0 Å². The molecule has 0 bridgehead atoms. The first kappa shape index (κ1) is 16.0. The summed E-state index contributed by atoms with van der Waals surface area (Å²) in [6.07, 6.45) is 2.02. The van der Waals surface area contributed by atoms with Crippen LogP contribution in [0.5, 0.6) is 0 Å². The molecule has 2 N–H and O–H groups in total. The van der Waals surface area contributed by atoms with E-state index in [0.29, 0.717) is 24.4 Å². The predicted molar refractivity (Wildman–Crippen MR) is 82.2 cm³/mol. The molecular formula is C14H25N3O4S. The number of hydrogen-bond acceptors (Lipinski definition) is 4. The third kappa shape index (κ3) is 3.23. The topological polar surface area (TPSA) is 90.0 Å². The zero-order chi connectivity index (χ0) is 16.0. The van der Waals surface area contributed by atoms with Crippen molar-refractivity contribution in [3.8, 4) is 0 Å². The summed E-state index contributed by atoms with van der Waals surface area (Å²) in [7, 11) is -3.09. The molecule has 1 aliphatic carbocycles. The van der Waals surface area contributed by atoms with Crippen molar-refractivity contribution in [1.29, 1.82) is 0 Å². The van der Waals surface area contributed by atoms with Crippen LogP contribution in [-0.2, 0) is 10.0 Å². The van der Waals surface area contributed by atoms with E-state index in [4.69, 9.17) is 5.11 Å². The zero-order valence-electron chi connectivity index (χ0n) is 13.0. The van der Waals surface area contributed by atoms with Crippen molar-refractivity contribution < 1.29 is 18.3 Å². The molecule has 2 saturated heterocycles. The summed E-state index contributed by atoms with van der Waals surface area (Å²) in [6, 6.07) is 0.112. The standard InChI is InChI=1S/C14H25N3O4S/c1-2-22(20,21)15-12-5-14(6-12)9-16(10-14)7-11-3-4-17(8-11)13(18)19/h11-12,15H,2-10H2,1H3,(H,18,19)/t11-/m0/s1. The molecule has 3 rings (SSSR count). The Kier molecular flexibility index (Phi) is 4.11. The van der Waals surface area contributed by atoms with Gasteiger partial charge in [0, 0.05) is 38.8 Å². The smallest absolute Gasteiger partial charge is 0.407 e. The highest BCUT2D eigenvalue weighted by molar-refractivity contribution is 7.89. The molecule has 8 heteroatoms. The van der Waals surface area contributed by atoms with Crippen LogP contribution in [0, 0.1) is 11.3 Å². The highest BCUT2D eigenvalue weighted by Crippen LogP contribution is 2.48. The Labute approximate surface area is 131 Å². The van der Waals surface area contributed by atoms with Gasteiger partial charge in [-0.2, -0.15) is 0 Å². The lowest BCUT2D eigenvalue weighted by Gasteiger charge is -2.59. The molecule has 0 radical (unpaired) electrons. The minimum absolute atomic E-state index is 0.112. The molecule has 0 unspecified atom stereocenters. The Balaban J connectivity index is 1.37. The summed E-state index contributed by atoms with van der Waals surface area (Å²) in [4.78, 5) is 14.8. The molecule has 1 atom stereocenters. The molecular weight excluding hydrogens is 306 g/mol. The maximum atomic E-state index is 11.5. The van der Waals surface area contributed by atoms with Crippen LogP contribution in [0.2, 0.25) is 0 Å². The van der Waals surface area contributed by atoms with E-state index >= 15 is 0 Å². The molecule has 2 aliphatic heterocycles. The molecule has 3 fully saturated rings. The molecule has 1 amide bonds. The summed E-state index contributed by atoms with van der Waals surface area (Å²) in [5.41, 5.74) is 0.312. The van der Waals surface area contributed by atoms with E-state index in [2.05, 4.69) is 9.62 Å². The van der Waals surface area contributed by atoms with Crippen molar-refractivity contribution in [2.75, 3.05) is 38.5 Å². The number of carboxylic acid groups (broad SMARTS) is 1. The molecule has 0 aromatic heterocycles. The summed E-state index contributed by atoms with van der Waals surface area (Å²) < 4.78 is 25.8. The number of nitrogens with one attached hydrogen (secondary N) is 1. The highest BCUT2D eigenvalue weighted by Gasteiger charge is 2.53. The lowest BCUT2D eigenvalue weighted by Crippen LogP contribution is -2.67. The van der Waals surface area contributed by atoms with Crippen LogP contribution in [-0.4, -0.2) is 73.9 Å². The van der Waals surface area contributed by atoms with E-state index in [1.807, 2.05) is 0 Å². The van der Waals surface area contributed by atoms with Crippen molar-refractivity contribution >= 4 is 16.1 Å². The highest BCUT2D eigenvalue weighted by atomic mass is 32.2.